The standard InChI is InChI=1S/C22H26N4O6/c1-16(18-4-8-20(9-5-18)26(31)32)21(22(27)28)24-14-12-23(13-15-24)11-10-17-2-6-19(7-3-17)25(29)30/h2-9,16,21H,10-15H2,1H3,(H,27,28)/t16?,21-/m0/s1. The molecule has 1 heterocycles. The van der Waals surface area contributed by atoms with Gasteiger partial charge in [-0.1, -0.05) is 31.2 Å². The molecule has 0 saturated carbocycles. The summed E-state index contributed by atoms with van der Waals surface area (Å²) < 4.78 is 0. The zero-order valence-corrected chi connectivity index (χ0v) is 17.8. The van der Waals surface area contributed by atoms with E-state index in [-0.39, 0.29) is 17.3 Å². The van der Waals surface area contributed by atoms with Crippen molar-refractivity contribution in [3.05, 3.63) is 79.9 Å². The molecule has 0 aromatic heterocycles. The third-order valence-corrected chi connectivity index (χ3v) is 6.02. The van der Waals surface area contributed by atoms with Crippen molar-refractivity contribution in [1.82, 2.24) is 9.80 Å². The van der Waals surface area contributed by atoms with E-state index in [1.165, 1.54) is 24.3 Å². The maximum atomic E-state index is 12.0. The molecule has 170 valence electrons. The first-order valence-electron chi connectivity index (χ1n) is 10.4. The van der Waals surface area contributed by atoms with Crippen molar-refractivity contribution in [3.8, 4) is 0 Å². The van der Waals surface area contributed by atoms with Crippen molar-refractivity contribution < 1.29 is 19.7 Å². The van der Waals surface area contributed by atoms with Crippen LogP contribution in [0.5, 0.6) is 0 Å². The minimum atomic E-state index is -0.907. The number of nitro benzene ring substituents is 2. The number of piperazine rings is 1. The van der Waals surface area contributed by atoms with E-state index < -0.39 is 21.9 Å². The number of nitro groups is 2. The van der Waals surface area contributed by atoms with Crippen LogP contribution < -0.4 is 0 Å². The summed E-state index contributed by atoms with van der Waals surface area (Å²) in [6.07, 6.45) is 0.763. The maximum Gasteiger partial charge on any atom is 0.321 e. The highest BCUT2D eigenvalue weighted by Crippen LogP contribution is 2.26. The Morgan fingerprint density at radius 2 is 1.44 bits per heavy atom. The molecule has 2 aromatic rings. The van der Waals surface area contributed by atoms with Gasteiger partial charge < -0.3 is 10.0 Å². The monoisotopic (exact) mass is 442 g/mol. The molecular weight excluding hydrogens is 416 g/mol. The second-order valence-electron chi connectivity index (χ2n) is 7.97. The summed E-state index contributed by atoms with van der Waals surface area (Å²) in [5, 5.41) is 31.5. The molecular formula is C22H26N4O6. The molecule has 1 aliphatic heterocycles. The highest BCUT2D eigenvalue weighted by Gasteiger charge is 2.34. The fraction of sp³-hybridized carbons (Fsp3) is 0.409. The van der Waals surface area contributed by atoms with Gasteiger partial charge in [0.05, 0.1) is 9.85 Å². The summed E-state index contributed by atoms with van der Waals surface area (Å²) in [7, 11) is 0. The lowest BCUT2D eigenvalue weighted by molar-refractivity contribution is -0.385. The van der Waals surface area contributed by atoms with Crippen LogP contribution in [0.1, 0.15) is 24.0 Å². The van der Waals surface area contributed by atoms with Crippen LogP contribution in [-0.4, -0.2) is 69.5 Å². The molecule has 2 aromatic carbocycles. The predicted molar refractivity (Wildman–Crippen MR) is 118 cm³/mol. The van der Waals surface area contributed by atoms with Gasteiger partial charge >= 0.3 is 5.97 Å². The highest BCUT2D eigenvalue weighted by molar-refractivity contribution is 5.75. The number of hydrogen-bond acceptors (Lipinski definition) is 7. The molecule has 10 heteroatoms. The molecule has 0 radical (unpaired) electrons. The van der Waals surface area contributed by atoms with Crippen molar-refractivity contribution in [2.45, 2.75) is 25.3 Å². The Kier molecular flexibility index (Phi) is 7.49. The number of carboxylic acids is 1. The van der Waals surface area contributed by atoms with Crippen LogP contribution >= 0.6 is 0 Å². The summed E-state index contributed by atoms with van der Waals surface area (Å²) in [5.74, 6) is -1.23. The number of benzene rings is 2. The molecule has 1 fully saturated rings. The van der Waals surface area contributed by atoms with Crippen LogP contribution in [0.3, 0.4) is 0 Å². The molecule has 3 rings (SSSR count). The van der Waals surface area contributed by atoms with E-state index in [2.05, 4.69) is 4.90 Å². The maximum absolute atomic E-state index is 12.0. The van der Waals surface area contributed by atoms with E-state index in [0.29, 0.717) is 13.1 Å². The van der Waals surface area contributed by atoms with Crippen LogP contribution in [0, 0.1) is 20.2 Å². The van der Waals surface area contributed by atoms with Crippen LogP contribution in [0.15, 0.2) is 48.5 Å². The van der Waals surface area contributed by atoms with Crippen LogP contribution in [0.2, 0.25) is 0 Å². The third kappa shape index (κ3) is 5.65. The molecule has 0 amide bonds. The minimum Gasteiger partial charge on any atom is -0.480 e. The first-order chi connectivity index (χ1) is 15.3. The molecule has 1 unspecified atom stereocenters. The van der Waals surface area contributed by atoms with E-state index in [0.717, 1.165) is 37.2 Å². The number of non-ortho nitro benzene ring substituents is 2. The first-order valence-corrected chi connectivity index (χ1v) is 10.4. The number of carboxylic acid groups (broad SMARTS) is 1. The van der Waals surface area contributed by atoms with E-state index >= 15 is 0 Å². The summed E-state index contributed by atoms with van der Waals surface area (Å²) >= 11 is 0. The first kappa shape index (κ1) is 23.3. The highest BCUT2D eigenvalue weighted by atomic mass is 16.6. The summed E-state index contributed by atoms with van der Waals surface area (Å²) in [4.78, 5) is 37.0. The zero-order valence-electron chi connectivity index (χ0n) is 17.8. The summed E-state index contributed by atoms with van der Waals surface area (Å²) in [5.41, 5.74) is 1.83. The Morgan fingerprint density at radius 1 is 0.938 bits per heavy atom. The molecule has 1 aliphatic rings. The number of carbonyl (C=O) groups is 1. The molecule has 0 spiro atoms. The number of nitrogens with zero attached hydrogens (tertiary/aromatic N) is 4. The van der Waals surface area contributed by atoms with Crippen molar-refractivity contribution in [2.24, 2.45) is 0 Å². The molecule has 2 atom stereocenters. The summed E-state index contributed by atoms with van der Waals surface area (Å²) in [6, 6.07) is 11.9. The molecule has 1 saturated heterocycles. The zero-order chi connectivity index (χ0) is 23.3. The number of hydrogen-bond donors (Lipinski definition) is 1. The Labute approximate surface area is 185 Å². The normalized spacial score (nSPS) is 16.9. The Balaban J connectivity index is 1.55. The van der Waals surface area contributed by atoms with Gasteiger partial charge in [0.25, 0.3) is 11.4 Å². The van der Waals surface area contributed by atoms with Gasteiger partial charge in [-0.05, 0) is 17.5 Å². The Hall–Kier alpha value is -3.37. The van der Waals surface area contributed by atoms with Gasteiger partial charge in [-0.2, -0.15) is 0 Å². The average molecular weight is 442 g/mol. The second-order valence-corrected chi connectivity index (χ2v) is 7.97. The molecule has 10 nitrogen and oxygen atoms in total. The lowest BCUT2D eigenvalue weighted by Gasteiger charge is -2.39. The molecule has 32 heavy (non-hydrogen) atoms. The van der Waals surface area contributed by atoms with Gasteiger partial charge in [0.2, 0.25) is 0 Å². The van der Waals surface area contributed by atoms with Gasteiger partial charge in [-0.3, -0.25) is 29.9 Å². The number of aliphatic carboxylic acids is 1. The minimum absolute atomic E-state index is 0.0190. The van der Waals surface area contributed by atoms with Crippen molar-refractivity contribution in [1.29, 1.82) is 0 Å². The van der Waals surface area contributed by atoms with E-state index in [1.807, 2.05) is 11.8 Å². The quantitative estimate of drug-likeness (QED) is 0.463. The van der Waals surface area contributed by atoms with Gasteiger partial charge in [0, 0.05) is 62.9 Å². The van der Waals surface area contributed by atoms with Crippen LogP contribution in [0.4, 0.5) is 11.4 Å². The topological polar surface area (TPSA) is 130 Å². The third-order valence-electron chi connectivity index (χ3n) is 6.02. The van der Waals surface area contributed by atoms with Crippen LogP contribution in [0.25, 0.3) is 0 Å². The van der Waals surface area contributed by atoms with Crippen molar-refractivity contribution in [2.75, 3.05) is 32.7 Å². The van der Waals surface area contributed by atoms with E-state index in [1.54, 1.807) is 24.3 Å². The SMILES string of the molecule is CC(c1ccc([N+](=O)[O-])cc1)[C@@H](C(=O)O)N1CCN(CCc2ccc([N+](=O)[O-])cc2)CC1. The Bertz CT molecular complexity index is 955. The average Bonchev–Trinajstić information content (AvgIpc) is 2.78. The van der Waals surface area contributed by atoms with Gasteiger partial charge in [0.15, 0.2) is 0 Å². The van der Waals surface area contributed by atoms with E-state index in [9.17, 15) is 30.1 Å². The lowest BCUT2D eigenvalue weighted by atomic mass is 9.91. The smallest absolute Gasteiger partial charge is 0.321 e. The second kappa shape index (κ2) is 10.3. The summed E-state index contributed by atoms with van der Waals surface area (Å²) in [6.45, 7) is 5.29. The fourth-order valence-electron chi connectivity index (χ4n) is 4.10. The van der Waals surface area contributed by atoms with Gasteiger partial charge in [0.1, 0.15) is 6.04 Å². The lowest BCUT2D eigenvalue weighted by Crippen LogP contribution is -2.54. The van der Waals surface area contributed by atoms with Crippen molar-refractivity contribution in [3.63, 3.8) is 0 Å². The number of rotatable bonds is 9. The van der Waals surface area contributed by atoms with E-state index in [4.69, 9.17) is 0 Å². The predicted octanol–water partition coefficient (Wildman–Crippen LogP) is 2.92. The van der Waals surface area contributed by atoms with Gasteiger partial charge in [-0.25, -0.2) is 0 Å². The molecule has 0 bridgehead atoms. The molecule has 1 N–H and O–H groups in total. The van der Waals surface area contributed by atoms with Crippen molar-refractivity contribution >= 4 is 17.3 Å². The van der Waals surface area contributed by atoms with Gasteiger partial charge in [-0.15, -0.1) is 0 Å². The fourth-order valence-corrected chi connectivity index (χ4v) is 4.10. The largest absolute Gasteiger partial charge is 0.480 e. The molecule has 0 aliphatic carbocycles. The Morgan fingerprint density at radius 3 is 1.91 bits per heavy atom. The van der Waals surface area contributed by atoms with Crippen LogP contribution in [-0.2, 0) is 11.2 Å².